The number of fused-ring (bicyclic) bond motifs is 1. The molecule has 0 unspecified atom stereocenters. The van der Waals surface area contributed by atoms with Crippen molar-refractivity contribution in [1.29, 1.82) is 0 Å². The molecule has 2 rings (SSSR count). The van der Waals surface area contributed by atoms with Gasteiger partial charge < -0.3 is 14.8 Å². The number of pyridine rings is 1. The van der Waals surface area contributed by atoms with Crippen molar-refractivity contribution in [3.05, 3.63) is 40.2 Å². The van der Waals surface area contributed by atoms with Crippen LogP contribution >= 0.6 is 0 Å². The van der Waals surface area contributed by atoms with Gasteiger partial charge in [0.05, 0.1) is 12.7 Å². The number of hydrogen-bond donors (Lipinski definition) is 2. The molecule has 18 heavy (non-hydrogen) atoms. The van der Waals surface area contributed by atoms with E-state index in [0.717, 1.165) is 7.11 Å². The van der Waals surface area contributed by atoms with Gasteiger partial charge in [-0.2, -0.15) is 0 Å². The van der Waals surface area contributed by atoms with Gasteiger partial charge in [0.1, 0.15) is 0 Å². The summed E-state index contributed by atoms with van der Waals surface area (Å²) in [4.78, 5) is 36.9. The Balaban J connectivity index is 2.83. The molecule has 0 spiro atoms. The summed E-state index contributed by atoms with van der Waals surface area (Å²) in [6.07, 6.45) is 0. The van der Waals surface area contributed by atoms with Gasteiger partial charge in [-0.3, -0.25) is 9.59 Å². The van der Waals surface area contributed by atoms with E-state index in [1.165, 1.54) is 6.07 Å². The summed E-state index contributed by atoms with van der Waals surface area (Å²) < 4.78 is 4.30. The molecule has 1 aromatic carbocycles. The SMILES string of the molecule is COC(=O)C(=O)c1c(O)c(=O)[nH]c2ccccc12. The van der Waals surface area contributed by atoms with Crippen molar-refractivity contribution in [3.8, 4) is 5.75 Å². The first-order chi connectivity index (χ1) is 8.56. The molecule has 0 fully saturated rings. The van der Waals surface area contributed by atoms with Crippen LogP contribution in [0.3, 0.4) is 0 Å². The summed E-state index contributed by atoms with van der Waals surface area (Å²) in [5.41, 5.74) is -0.824. The number of hydrogen-bond acceptors (Lipinski definition) is 5. The summed E-state index contributed by atoms with van der Waals surface area (Å²) in [7, 11) is 1.05. The molecule has 0 saturated carbocycles. The Kier molecular flexibility index (Phi) is 2.85. The maximum atomic E-state index is 11.8. The number of ketones is 1. The lowest BCUT2D eigenvalue weighted by Crippen LogP contribution is -2.19. The number of H-pyrrole nitrogens is 1. The van der Waals surface area contributed by atoms with Crippen molar-refractivity contribution in [3.63, 3.8) is 0 Å². The fraction of sp³-hybridized carbons (Fsp3) is 0.0833. The molecule has 0 aliphatic carbocycles. The molecule has 6 nitrogen and oxygen atoms in total. The molecule has 2 aromatic rings. The Morgan fingerprint density at radius 2 is 1.94 bits per heavy atom. The summed E-state index contributed by atoms with van der Waals surface area (Å²) >= 11 is 0. The summed E-state index contributed by atoms with van der Waals surface area (Å²) in [6, 6.07) is 6.35. The molecule has 0 aliphatic heterocycles. The van der Waals surface area contributed by atoms with E-state index in [1.54, 1.807) is 18.2 Å². The lowest BCUT2D eigenvalue weighted by molar-refractivity contribution is -0.135. The van der Waals surface area contributed by atoms with Crippen LogP contribution in [0.15, 0.2) is 29.1 Å². The molecule has 0 radical (unpaired) electrons. The van der Waals surface area contributed by atoms with E-state index in [0.29, 0.717) is 5.52 Å². The molecule has 2 N–H and O–H groups in total. The number of para-hydroxylation sites is 1. The van der Waals surface area contributed by atoms with E-state index in [2.05, 4.69) is 9.72 Å². The zero-order valence-electron chi connectivity index (χ0n) is 9.39. The minimum absolute atomic E-state index is 0.282. The van der Waals surface area contributed by atoms with Gasteiger partial charge >= 0.3 is 5.97 Å². The number of ether oxygens (including phenoxy) is 1. The Morgan fingerprint density at radius 1 is 1.28 bits per heavy atom. The first kappa shape index (κ1) is 11.8. The third-order valence-electron chi connectivity index (χ3n) is 2.49. The third kappa shape index (κ3) is 1.73. The highest BCUT2D eigenvalue weighted by molar-refractivity contribution is 6.43. The molecule has 0 aliphatic rings. The van der Waals surface area contributed by atoms with Crippen LogP contribution < -0.4 is 5.56 Å². The maximum Gasteiger partial charge on any atom is 0.379 e. The number of esters is 1. The van der Waals surface area contributed by atoms with E-state index < -0.39 is 23.1 Å². The Labute approximate surface area is 101 Å². The van der Waals surface area contributed by atoms with Gasteiger partial charge in [0.2, 0.25) is 0 Å². The molecular weight excluding hydrogens is 238 g/mol. The smallest absolute Gasteiger partial charge is 0.379 e. The second kappa shape index (κ2) is 4.33. The fourth-order valence-electron chi connectivity index (χ4n) is 1.66. The van der Waals surface area contributed by atoms with E-state index in [-0.39, 0.29) is 10.9 Å². The molecule has 0 atom stereocenters. The largest absolute Gasteiger partial charge is 0.502 e. The van der Waals surface area contributed by atoms with Crippen LogP contribution in [-0.2, 0) is 9.53 Å². The van der Waals surface area contributed by atoms with Crippen LogP contribution in [0.4, 0.5) is 0 Å². The molecule has 6 heteroatoms. The number of aromatic nitrogens is 1. The van der Waals surface area contributed by atoms with Gasteiger partial charge in [-0.15, -0.1) is 0 Å². The van der Waals surface area contributed by atoms with Crippen molar-refractivity contribution in [2.45, 2.75) is 0 Å². The Bertz CT molecular complexity index is 701. The number of aromatic amines is 1. The normalized spacial score (nSPS) is 10.3. The molecule has 1 aromatic heterocycles. The number of rotatable bonds is 2. The van der Waals surface area contributed by atoms with Crippen molar-refractivity contribution in [2.75, 3.05) is 7.11 Å². The van der Waals surface area contributed by atoms with Crippen molar-refractivity contribution < 1.29 is 19.4 Å². The minimum atomic E-state index is -1.14. The van der Waals surface area contributed by atoms with E-state index in [4.69, 9.17) is 0 Å². The minimum Gasteiger partial charge on any atom is -0.502 e. The predicted molar refractivity (Wildman–Crippen MR) is 62.6 cm³/mol. The highest BCUT2D eigenvalue weighted by atomic mass is 16.5. The lowest BCUT2D eigenvalue weighted by Gasteiger charge is -2.06. The fourth-order valence-corrected chi connectivity index (χ4v) is 1.66. The van der Waals surface area contributed by atoms with Crippen molar-refractivity contribution in [1.82, 2.24) is 4.98 Å². The summed E-state index contributed by atoms with van der Waals surface area (Å²) in [5.74, 6) is -2.98. The van der Waals surface area contributed by atoms with E-state index in [9.17, 15) is 19.5 Å². The van der Waals surface area contributed by atoms with Crippen LogP contribution in [-0.4, -0.2) is 29.0 Å². The second-order valence-corrected chi connectivity index (χ2v) is 3.54. The van der Waals surface area contributed by atoms with Gasteiger partial charge in [0.25, 0.3) is 11.3 Å². The maximum absolute atomic E-state index is 11.8. The Morgan fingerprint density at radius 3 is 2.61 bits per heavy atom. The van der Waals surface area contributed by atoms with Crippen LogP contribution in [0.2, 0.25) is 0 Å². The number of Topliss-reactive ketones (excluding diaryl/α,β-unsaturated/α-hetero) is 1. The average molecular weight is 247 g/mol. The summed E-state index contributed by atoms with van der Waals surface area (Å²) in [6.45, 7) is 0. The molecule has 1 heterocycles. The van der Waals surface area contributed by atoms with Crippen LogP contribution in [0.5, 0.6) is 5.75 Å². The number of carbonyl (C=O) groups is 2. The van der Waals surface area contributed by atoms with Crippen LogP contribution in [0.1, 0.15) is 10.4 Å². The quantitative estimate of drug-likeness (QED) is 0.460. The zero-order chi connectivity index (χ0) is 13.3. The standard InChI is InChI=1S/C12H9NO5/c1-18-12(17)10(15)8-6-4-2-3-5-7(6)13-11(16)9(8)14/h2-5,14H,1H3,(H,13,16). The number of nitrogens with one attached hydrogen (secondary N) is 1. The second-order valence-electron chi connectivity index (χ2n) is 3.54. The van der Waals surface area contributed by atoms with E-state index in [1.807, 2.05) is 0 Å². The average Bonchev–Trinajstić information content (AvgIpc) is 2.38. The van der Waals surface area contributed by atoms with Crippen molar-refractivity contribution in [2.24, 2.45) is 0 Å². The van der Waals surface area contributed by atoms with Gasteiger partial charge in [0.15, 0.2) is 5.75 Å². The molecule has 92 valence electrons. The van der Waals surface area contributed by atoms with Gasteiger partial charge in [0, 0.05) is 10.9 Å². The topological polar surface area (TPSA) is 96.5 Å². The highest BCUT2D eigenvalue weighted by Crippen LogP contribution is 2.22. The number of methoxy groups -OCH3 is 1. The number of aromatic hydroxyl groups is 1. The first-order valence-electron chi connectivity index (χ1n) is 5.03. The zero-order valence-corrected chi connectivity index (χ0v) is 9.39. The van der Waals surface area contributed by atoms with Crippen LogP contribution in [0, 0.1) is 0 Å². The number of carbonyl (C=O) groups excluding carboxylic acids is 2. The molecule has 0 saturated heterocycles. The highest BCUT2D eigenvalue weighted by Gasteiger charge is 2.25. The monoisotopic (exact) mass is 247 g/mol. The predicted octanol–water partition coefficient (Wildman–Crippen LogP) is 0.589. The van der Waals surface area contributed by atoms with E-state index >= 15 is 0 Å². The first-order valence-corrected chi connectivity index (χ1v) is 5.03. The summed E-state index contributed by atoms with van der Waals surface area (Å²) in [5, 5.41) is 9.92. The molecule has 0 amide bonds. The lowest BCUT2D eigenvalue weighted by atomic mass is 10.0. The van der Waals surface area contributed by atoms with Gasteiger partial charge in [-0.05, 0) is 6.07 Å². The molecular formula is C12H9NO5. The van der Waals surface area contributed by atoms with Crippen LogP contribution in [0.25, 0.3) is 10.9 Å². The molecule has 0 bridgehead atoms. The van der Waals surface area contributed by atoms with Gasteiger partial charge in [-0.25, -0.2) is 4.79 Å². The number of benzene rings is 1. The third-order valence-corrected chi connectivity index (χ3v) is 2.49. The Hall–Kier alpha value is -2.63. The van der Waals surface area contributed by atoms with Gasteiger partial charge in [-0.1, -0.05) is 18.2 Å². The van der Waals surface area contributed by atoms with Crippen molar-refractivity contribution >= 4 is 22.7 Å².